The Kier molecular flexibility index (Phi) is 2.41. The Morgan fingerprint density at radius 3 is 2.83 bits per heavy atom. The standard InChI is InChI=1S/C5H5ClN4O2/c6-4-2(5(11)12)1-3(8-7)9-10-4/h1H,7H2,(H,8,9)(H,11,12). The molecule has 0 fully saturated rings. The van der Waals surface area contributed by atoms with Gasteiger partial charge in [-0.3, -0.25) is 0 Å². The highest BCUT2D eigenvalue weighted by Gasteiger charge is 2.10. The number of nitrogens with zero attached hydrogens (tertiary/aromatic N) is 2. The molecule has 0 saturated carbocycles. The van der Waals surface area contributed by atoms with Crippen LogP contribution in [0.4, 0.5) is 5.82 Å². The number of carboxylic acid groups (broad SMARTS) is 1. The highest BCUT2D eigenvalue weighted by atomic mass is 35.5. The summed E-state index contributed by atoms with van der Waals surface area (Å²) in [4.78, 5) is 10.5. The van der Waals surface area contributed by atoms with E-state index < -0.39 is 5.97 Å². The second-order valence-corrected chi connectivity index (χ2v) is 2.24. The van der Waals surface area contributed by atoms with Crippen molar-refractivity contribution in [2.75, 3.05) is 5.43 Å². The van der Waals surface area contributed by atoms with Crippen molar-refractivity contribution in [1.82, 2.24) is 10.2 Å². The van der Waals surface area contributed by atoms with Crippen LogP contribution in [0.15, 0.2) is 6.07 Å². The second kappa shape index (κ2) is 3.33. The number of halogens is 1. The fourth-order valence-corrected chi connectivity index (χ4v) is 0.770. The van der Waals surface area contributed by atoms with Crippen LogP contribution in [-0.4, -0.2) is 21.3 Å². The fourth-order valence-electron chi connectivity index (χ4n) is 0.597. The molecule has 7 heteroatoms. The van der Waals surface area contributed by atoms with Crippen LogP contribution in [0.25, 0.3) is 0 Å². The number of hydrazine groups is 1. The number of aromatic carboxylic acids is 1. The van der Waals surface area contributed by atoms with Crippen molar-refractivity contribution in [2.24, 2.45) is 5.84 Å². The number of hydrogen-bond donors (Lipinski definition) is 3. The highest BCUT2D eigenvalue weighted by molar-refractivity contribution is 6.32. The third-order valence-corrected chi connectivity index (χ3v) is 1.41. The van der Waals surface area contributed by atoms with Crippen LogP contribution in [0.5, 0.6) is 0 Å². The molecular weight excluding hydrogens is 184 g/mol. The molecule has 0 aliphatic heterocycles. The van der Waals surface area contributed by atoms with Gasteiger partial charge in [0.15, 0.2) is 11.0 Å². The fraction of sp³-hybridized carbons (Fsp3) is 0. The third kappa shape index (κ3) is 1.60. The Bertz CT molecular complexity index is 316. The SMILES string of the molecule is NNc1cc(C(=O)O)c(Cl)nn1. The average molecular weight is 189 g/mol. The summed E-state index contributed by atoms with van der Waals surface area (Å²) in [6.07, 6.45) is 0. The van der Waals surface area contributed by atoms with E-state index in [4.69, 9.17) is 22.6 Å². The largest absolute Gasteiger partial charge is 0.478 e. The van der Waals surface area contributed by atoms with Crippen molar-refractivity contribution in [3.8, 4) is 0 Å². The van der Waals surface area contributed by atoms with Crippen LogP contribution in [0, 0.1) is 0 Å². The van der Waals surface area contributed by atoms with E-state index in [0.717, 1.165) is 0 Å². The van der Waals surface area contributed by atoms with Crippen molar-refractivity contribution in [1.29, 1.82) is 0 Å². The highest BCUT2D eigenvalue weighted by Crippen LogP contribution is 2.13. The minimum Gasteiger partial charge on any atom is -0.478 e. The van der Waals surface area contributed by atoms with Gasteiger partial charge in [-0.1, -0.05) is 11.6 Å². The van der Waals surface area contributed by atoms with Gasteiger partial charge >= 0.3 is 5.97 Å². The molecule has 0 spiro atoms. The number of nitrogens with one attached hydrogen (secondary N) is 1. The monoisotopic (exact) mass is 188 g/mol. The van der Waals surface area contributed by atoms with Gasteiger partial charge < -0.3 is 10.5 Å². The van der Waals surface area contributed by atoms with Crippen molar-refractivity contribution in [3.05, 3.63) is 16.8 Å². The van der Waals surface area contributed by atoms with E-state index in [1.54, 1.807) is 0 Å². The molecule has 4 N–H and O–H groups in total. The number of carboxylic acids is 1. The van der Waals surface area contributed by atoms with Crippen LogP contribution in [0.3, 0.4) is 0 Å². The maximum atomic E-state index is 10.5. The van der Waals surface area contributed by atoms with Gasteiger partial charge in [0, 0.05) is 6.07 Å². The number of anilines is 1. The molecule has 0 bridgehead atoms. The maximum absolute atomic E-state index is 10.5. The molecule has 64 valence electrons. The van der Waals surface area contributed by atoms with Gasteiger partial charge in [0.25, 0.3) is 0 Å². The van der Waals surface area contributed by atoms with E-state index in [-0.39, 0.29) is 16.5 Å². The summed E-state index contributed by atoms with van der Waals surface area (Å²) in [5, 5.41) is 15.2. The van der Waals surface area contributed by atoms with Crippen LogP contribution in [0.2, 0.25) is 5.15 Å². The maximum Gasteiger partial charge on any atom is 0.339 e. The zero-order valence-electron chi connectivity index (χ0n) is 5.78. The predicted octanol–water partition coefficient (Wildman–Crippen LogP) is 0.114. The minimum atomic E-state index is -1.17. The molecule has 0 aromatic carbocycles. The summed E-state index contributed by atoms with van der Waals surface area (Å²) < 4.78 is 0. The number of aromatic nitrogens is 2. The lowest BCUT2D eigenvalue weighted by Gasteiger charge is -1.99. The topological polar surface area (TPSA) is 101 Å². The zero-order valence-corrected chi connectivity index (χ0v) is 6.54. The van der Waals surface area contributed by atoms with Gasteiger partial charge in [0.1, 0.15) is 5.56 Å². The lowest BCUT2D eigenvalue weighted by atomic mass is 10.3. The Balaban J connectivity index is 3.17. The van der Waals surface area contributed by atoms with E-state index in [1.807, 2.05) is 0 Å². The average Bonchev–Trinajstić information content (AvgIpc) is 2.05. The van der Waals surface area contributed by atoms with Crippen LogP contribution in [-0.2, 0) is 0 Å². The molecule has 12 heavy (non-hydrogen) atoms. The Hall–Kier alpha value is -1.40. The molecule has 0 amide bonds. The third-order valence-electron chi connectivity index (χ3n) is 1.13. The summed E-state index contributed by atoms with van der Waals surface area (Å²) in [5.41, 5.74) is 2.01. The molecule has 0 aliphatic rings. The first-order valence-corrected chi connectivity index (χ1v) is 3.26. The number of rotatable bonds is 2. The first kappa shape index (κ1) is 8.69. The van der Waals surface area contributed by atoms with E-state index in [2.05, 4.69) is 15.6 Å². The van der Waals surface area contributed by atoms with Gasteiger partial charge in [0.05, 0.1) is 0 Å². The molecule has 0 atom stereocenters. The summed E-state index contributed by atoms with van der Waals surface area (Å²) in [6.45, 7) is 0. The Morgan fingerprint density at radius 2 is 2.33 bits per heavy atom. The van der Waals surface area contributed by atoms with E-state index in [1.165, 1.54) is 6.07 Å². The Labute approximate surface area is 72.3 Å². The molecule has 0 unspecified atom stereocenters. The van der Waals surface area contributed by atoms with Crippen molar-refractivity contribution >= 4 is 23.4 Å². The second-order valence-electron chi connectivity index (χ2n) is 1.88. The molecular formula is C5H5ClN4O2. The summed E-state index contributed by atoms with van der Waals surface area (Å²) >= 11 is 5.43. The van der Waals surface area contributed by atoms with Gasteiger partial charge in [-0.05, 0) is 0 Å². The normalized spacial score (nSPS) is 9.50. The quantitative estimate of drug-likeness (QED) is 0.450. The summed E-state index contributed by atoms with van der Waals surface area (Å²) in [6, 6.07) is 1.19. The molecule has 1 heterocycles. The lowest BCUT2D eigenvalue weighted by Crippen LogP contribution is -2.11. The van der Waals surface area contributed by atoms with Crippen molar-refractivity contribution in [3.63, 3.8) is 0 Å². The molecule has 0 saturated heterocycles. The van der Waals surface area contributed by atoms with Crippen LogP contribution < -0.4 is 11.3 Å². The van der Waals surface area contributed by atoms with Crippen LogP contribution >= 0.6 is 11.6 Å². The number of hydrogen-bond acceptors (Lipinski definition) is 5. The number of carbonyl (C=O) groups is 1. The van der Waals surface area contributed by atoms with Gasteiger partial charge in [-0.25, -0.2) is 10.6 Å². The van der Waals surface area contributed by atoms with Crippen LogP contribution in [0.1, 0.15) is 10.4 Å². The van der Waals surface area contributed by atoms with E-state index in [0.29, 0.717) is 0 Å². The minimum absolute atomic E-state index is 0.139. The smallest absolute Gasteiger partial charge is 0.339 e. The predicted molar refractivity (Wildman–Crippen MR) is 41.8 cm³/mol. The first-order chi connectivity index (χ1) is 5.65. The van der Waals surface area contributed by atoms with Gasteiger partial charge in [-0.15, -0.1) is 10.2 Å². The summed E-state index contributed by atoms with van der Waals surface area (Å²) in [7, 11) is 0. The van der Waals surface area contributed by atoms with E-state index in [9.17, 15) is 4.79 Å². The number of nitrogen functional groups attached to an aromatic ring is 1. The van der Waals surface area contributed by atoms with E-state index >= 15 is 0 Å². The molecule has 0 aliphatic carbocycles. The molecule has 0 radical (unpaired) electrons. The molecule has 1 aromatic rings. The zero-order chi connectivity index (χ0) is 9.14. The lowest BCUT2D eigenvalue weighted by molar-refractivity contribution is 0.0696. The van der Waals surface area contributed by atoms with Gasteiger partial charge in [-0.2, -0.15) is 0 Å². The summed E-state index contributed by atoms with van der Waals surface area (Å²) in [5.74, 6) is 3.96. The molecule has 6 nitrogen and oxygen atoms in total. The van der Waals surface area contributed by atoms with Gasteiger partial charge in [0.2, 0.25) is 0 Å². The molecule has 1 rings (SSSR count). The van der Waals surface area contributed by atoms with Crippen molar-refractivity contribution in [2.45, 2.75) is 0 Å². The molecule has 1 aromatic heterocycles. The first-order valence-electron chi connectivity index (χ1n) is 2.88. The Morgan fingerprint density at radius 1 is 1.67 bits per heavy atom. The van der Waals surface area contributed by atoms with Crippen molar-refractivity contribution < 1.29 is 9.90 Å². The number of nitrogens with two attached hydrogens (primary N) is 1.